The number of Topliss-reactive ketones (excluding diaryl/α,β-unsaturated/α-hetero) is 1. The van der Waals surface area contributed by atoms with Crippen molar-refractivity contribution < 1.29 is 19.3 Å². The fourth-order valence-corrected chi connectivity index (χ4v) is 2.98. The van der Waals surface area contributed by atoms with Crippen molar-refractivity contribution in [2.75, 3.05) is 30.3 Å². The molecule has 28 heavy (non-hydrogen) atoms. The maximum atomic E-state index is 12.4. The van der Waals surface area contributed by atoms with Gasteiger partial charge >= 0.3 is 0 Å². The van der Waals surface area contributed by atoms with Crippen LogP contribution in [0.2, 0.25) is 0 Å². The van der Waals surface area contributed by atoms with E-state index in [1.54, 1.807) is 24.3 Å². The van der Waals surface area contributed by atoms with Gasteiger partial charge in [-0.2, -0.15) is 0 Å². The Hall–Kier alpha value is -2.99. The third kappa shape index (κ3) is 6.63. The molecule has 2 aromatic carbocycles. The lowest BCUT2D eigenvalue weighted by molar-refractivity contribution is -0.883. The Bertz CT molecular complexity index is 848. The van der Waals surface area contributed by atoms with Gasteiger partial charge in [0.2, 0.25) is 0 Å². The largest absolute Gasteiger partial charge is 0.321 e. The number of carbonyl (C=O) groups excluding carboxylic acids is 3. The molecule has 0 radical (unpaired) electrons. The molecule has 0 aliphatic heterocycles. The number of aryl methyl sites for hydroxylation is 1. The normalized spacial score (nSPS) is 11.5. The minimum Gasteiger partial charge on any atom is -0.321 e. The highest BCUT2D eigenvalue weighted by atomic mass is 16.2. The summed E-state index contributed by atoms with van der Waals surface area (Å²) < 4.78 is 0. The van der Waals surface area contributed by atoms with E-state index >= 15 is 0 Å². The van der Waals surface area contributed by atoms with Gasteiger partial charge in [-0.15, -0.1) is 0 Å². The van der Waals surface area contributed by atoms with Crippen molar-refractivity contribution >= 4 is 29.0 Å². The molecule has 0 heterocycles. The Kier molecular flexibility index (Phi) is 7.89. The number of nitrogens with one attached hydrogen (secondary N) is 3. The second-order valence-electron chi connectivity index (χ2n) is 6.90. The fourth-order valence-electron chi connectivity index (χ4n) is 2.98. The van der Waals surface area contributed by atoms with Gasteiger partial charge in [-0.05, 0) is 44.0 Å². The van der Waals surface area contributed by atoms with Crippen molar-refractivity contribution in [3.63, 3.8) is 0 Å². The number of carbonyl (C=O) groups is 3. The van der Waals surface area contributed by atoms with Crippen molar-refractivity contribution in [3.8, 4) is 0 Å². The van der Waals surface area contributed by atoms with Gasteiger partial charge < -0.3 is 15.5 Å². The summed E-state index contributed by atoms with van der Waals surface area (Å²) in [5.41, 5.74) is 2.91. The number of amides is 2. The molecule has 0 aliphatic carbocycles. The topological polar surface area (TPSA) is 79.7 Å². The first-order chi connectivity index (χ1) is 13.4. The first-order valence-corrected chi connectivity index (χ1v) is 9.49. The second kappa shape index (κ2) is 10.4. The summed E-state index contributed by atoms with van der Waals surface area (Å²) in [5, 5.41) is 5.73. The van der Waals surface area contributed by atoms with E-state index in [4.69, 9.17) is 0 Å². The molecule has 2 rings (SSSR count). The Morgan fingerprint density at radius 3 is 2.25 bits per heavy atom. The lowest BCUT2D eigenvalue weighted by Crippen LogP contribution is -3.14. The molecule has 0 saturated heterocycles. The van der Waals surface area contributed by atoms with E-state index in [2.05, 4.69) is 10.6 Å². The molecule has 0 aromatic heterocycles. The van der Waals surface area contributed by atoms with Gasteiger partial charge in [0.25, 0.3) is 11.8 Å². The maximum Gasteiger partial charge on any atom is 0.279 e. The quantitative estimate of drug-likeness (QED) is 0.581. The number of ketones is 1. The highest BCUT2D eigenvalue weighted by Gasteiger charge is 2.18. The zero-order valence-corrected chi connectivity index (χ0v) is 16.7. The van der Waals surface area contributed by atoms with E-state index in [1.807, 2.05) is 38.1 Å². The van der Waals surface area contributed by atoms with Crippen LogP contribution in [0, 0.1) is 6.92 Å². The van der Waals surface area contributed by atoms with Crippen LogP contribution in [0.3, 0.4) is 0 Å². The summed E-state index contributed by atoms with van der Waals surface area (Å²) in [6.07, 6.45) is 0.861. The van der Waals surface area contributed by atoms with Crippen LogP contribution in [0.1, 0.15) is 36.2 Å². The molecule has 6 heteroatoms. The van der Waals surface area contributed by atoms with Crippen molar-refractivity contribution in [1.82, 2.24) is 0 Å². The van der Waals surface area contributed by atoms with Gasteiger partial charge in [0.15, 0.2) is 18.9 Å². The summed E-state index contributed by atoms with van der Waals surface area (Å²) in [4.78, 5) is 37.2. The number of hydrogen-bond acceptors (Lipinski definition) is 3. The highest BCUT2D eigenvalue weighted by Crippen LogP contribution is 2.12. The van der Waals surface area contributed by atoms with Gasteiger partial charge in [0.1, 0.15) is 0 Å². The predicted molar refractivity (Wildman–Crippen MR) is 111 cm³/mol. The summed E-state index contributed by atoms with van der Waals surface area (Å²) in [6, 6.07) is 14.4. The van der Waals surface area contributed by atoms with E-state index in [9.17, 15) is 14.4 Å². The minimum atomic E-state index is -0.187. The van der Waals surface area contributed by atoms with Gasteiger partial charge in [0.05, 0.1) is 6.54 Å². The zero-order chi connectivity index (χ0) is 20.5. The number of rotatable bonds is 9. The summed E-state index contributed by atoms with van der Waals surface area (Å²) in [6.45, 7) is 6.55. The van der Waals surface area contributed by atoms with Crippen molar-refractivity contribution in [3.05, 3.63) is 59.7 Å². The molecule has 2 aromatic rings. The lowest BCUT2D eigenvalue weighted by Gasteiger charge is -2.18. The fraction of sp³-hybridized carbons (Fsp3) is 0.318. The monoisotopic (exact) mass is 382 g/mol. The number of para-hydroxylation sites is 1. The van der Waals surface area contributed by atoms with Crippen LogP contribution in [-0.2, 0) is 9.59 Å². The standard InChI is InChI=1S/C22H27N3O3/c1-4-12-25(15-22(28)24-20-11-6-5-8-16(20)2)14-21(27)23-19-10-7-9-18(13-19)17(3)26/h5-11,13H,4,12,14-15H2,1-3H3,(H,23,27)(H,24,28)/p+1. The molecular weight excluding hydrogens is 354 g/mol. The molecule has 0 aliphatic rings. The van der Waals surface area contributed by atoms with E-state index < -0.39 is 0 Å². The van der Waals surface area contributed by atoms with Gasteiger partial charge in [-0.3, -0.25) is 14.4 Å². The van der Waals surface area contributed by atoms with Crippen LogP contribution >= 0.6 is 0 Å². The first-order valence-electron chi connectivity index (χ1n) is 9.49. The Morgan fingerprint density at radius 2 is 1.61 bits per heavy atom. The molecule has 0 bridgehead atoms. The summed E-state index contributed by atoms with van der Waals surface area (Å²) >= 11 is 0. The smallest absolute Gasteiger partial charge is 0.279 e. The van der Waals surface area contributed by atoms with Gasteiger partial charge in [-0.25, -0.2) is 0 Å². The number of quaternary nitrogens is 1. The van der Waals surface area contributed by atoms with Crippen molar-refractivity contribution in [1.29, 1.82) is 0 Å². The number of hydrogen-bond donors (Lipinski definition) is 3. The van der Waals surface area contributed by atoms with Gasteiger partial charge in [-0.1, -0.05) is 37.3 Å². The molecule has 2 amide bonds. The molecular formula is C22H28N3O3+. The van der Waals surface area contributed by atoms with Crippen molar-refractivity contribution in [2.24, 2.45) is 0 Å². The Balaban J connectivity index is 1.95. The highest BCUT2D eigenvalue weighted by molar-refractivity contribution is 5.97. The minimum absolute atomic E-state index is 0.0535. The maximum absolute atomic E-state index is 12.4. The van der Waals surface area contributed by atoms with Crippen LogP contribution in [-0.4, -0.2) is 37.2 Å². The van der Waals surface area contributed by atoms with Crippen LogP contribution in [0.4, 0.5) is 11.4 Å². The average molecular weight is 382 g/mol. The number of benzene rings is 2. The third-order valence-corrected chi connectivity index (χ3v) is 4.40. The second-order valence-corrected chi connectivity index (χ2v) is 6.90. The molecule has 148 valence electrons. The van der Waals surface area contributed by atoms with E-state index in [1.165, 1.54) is 6.92 Å². The van der Waals surface area contributed by atoms with E-state index in [-0.39, 0.29) is 30.7 Å². The third-order valence-electron chi connectivity index (χ3n) is 4.40. The SMILES string of the molecule is CCC[NH+](CC(=O)Nc1cccc(C(C)=O)c1)CC(=O)Nc1ccccc1C. The Morgan fingerprint density at radius 1 is 0.929 bits per heavy atom. The molecule has 1 atom stereocenters. The average Bonchev–Trinajstić information content (AvgIpc) is 2.64. The summed E-state index contributed by atoms with van der Waals surface area (Å²) in [5.74, 6) is -0.362. The zero-order valence-electron chi connectivity index (χ0n) is 16.7. The van der Waals surface area contributed by atoms with Gasteiger partial charge in [0, 0.05) is 16.9 Å². The van der Waals surface area contributed by atoms with Crippen LogP contribution in [0.25, 0.3) is 0 Å². The molecule has 0 fully saturated rings. The van der Waals surface area contributed by atoms with Crippen LogP contribution in [0.5, 0.6) is 0 Å². The molecule has 1 unspecified atom stereocenters. The lowest BCUT2D eigenvalue weighted by atomic mass is 10.1. The first kappa shape index (κ1) is 21.3. The van der Waals surface area contributed by atoms with Crippen LogP contribution < -0.4 is 15.5 Å². The Labute approximate surface area is 165 Å². The molecule has 0 saturated carbocycles. The van der Waals surface area contributed by atoms with E-state index in [0.29, 0.717) is 17.8 Å². The van der Waals surface area contributed by atoms with E-state index in [0.717, 1.165) is 22.6 Å². The molecule has 3 N–H and O–H groups in total. The summed E-state index contributed by atoms with van der Waals surface area (Å²) in [7, 11) is 0. The number of anilines is 2. The van der Waals surface area contributed by atoms with Crippen molar-refractivity contribution in [2.45, 2.75) is 27.2 Å². The predicted octanol–water partition coefficient (Wildman–Crippen LogP) is 2.07. The molecule has 0 spiro atoms. The molecule has 6 nitrogen and oxygen atoms in total. The van der Waals surface area contributed by atoms with Crippen LogP contribution in [0.15, 0.2) is 48.5 Å².